The van der Waals surface area contributed by atoms with Gasteiger partial charge in [0, 0.05) is 31.0 Å². The van der Waals surface area contributed by atoms with Crippen LogP contribution in [0.3, 0.4) is 0 Å². The Bertz CT molecular complexity index is 1180. The van der Waals surface area contributed by atoms with E-state index in [0.717, 1.165) is 11.1 Å². The van der Waals surface area contributed by atoms with Crippen molar-refractivity contribution in [2.24, 2.45) is 0 Å². The Balaban J connectivity index is 1.63. The molecule has 3 aromatic heterocycles. The van der Waals surface area contributed by atoms with Crippen LogP contribution in [0.25, 0.3) is 22.6 Å². The van der Waals surface area contributed by atoms with E-state index < -0.39 is 0 Å². The highest BCUT2D eigenvalue weighted by Crippen LogP contribution is 2.16. The van der Waals surface area contributed by atoms with Crippen molar-refractivity contribution in [2.45, 2.75) is 20.0 Å². The number of nitrogens with one attached hydrogen (secondary N) is 1. The average molecular weight is 388 g/mol. The van der Waals surface area contributed by atoms with Crippen LogP contribution in [0.5, 0.6) is 0 Å². The van der Waals surface area contributed by atoms with Gasteiger partial charge in [-0.25, -0.2) is 14.8 Å². The zero-order valence-corrected chi connectivity index (χ0v) is 15.9. The first kappa shape index (κ1) is 18.5. The number of likely N-dealkylation sites (N-methyl/N-ethyl adjacent to an activating group) is 1. The number of aromatic nitrogens is 5. The molecule has 0 aliphatic carbocycles. The highest BCUT2D eigenvalue weighted by molar-refractivity contribution is 5.79. The van der Waals surface area contributed by atoms with Crippen LogP contribution in [0.2, 0.25) is 0 Å². The minimum Gasteiger partial charge on any atom is -0.337 e. The summed E-state index contributed by atoms with van der Waals surface area (Å²) in [5.74, 6) is 0.342. The molecule has 1 amide bonds. The molecular formula is C21H20N6O2. The second kappa shape index (κ2) is 8.05. The Labute approximate surface area is 166 Å². The van der Waals surface area contributed by atoms with Gasteiger partial charge < -0.3 is 9.88 Å². The van der Waals surface area contributed by atoms with E-state index >= 15 is 0 Å². The minimum atomic E-state index is -0.382. The van der Waals surface area contributed by atoms with Crippen molar-refractivity contribution in [1.29, 1.82) is 0 Å². The van der Waals surface area contributed by atoms with E-state index in [2.05, 4.69) is 19.9 Å². The summed E-state index contributed by atoms with van der Waals surface area (Å²) in [5.41, 5.74) is 2.36. The SMILES string of the molecule is CCN(Cc1ccncc1)C(=O)Cn1c(=O)[nH]c2cnc(-c3ccccc3)nc21. The van der Waals surface area contributed by atoms with Gasteiger partial charge in [0.25, 0.3) is 0 Å². The number of hydrogen-bond donors (Lipinski definition) is 1. The second-order valence-electron chi connectivity index (χ2n) is 6.58. The van der Waals surface area contributed by atoms with Crippen molar-refractivity contribution in [3.8, 4) is 11.4 Å². The predicted molar refractivity (Wildman–Crippen MR) is 109 cm³/mol. The molecule has 29 heavy (non-hydrogen) atoms. The van der Waals surface area contributed by atoms with Gasteiger partial charge in [-0.05, 0) is 24.6 Å². The molecule has 146 valence electrons. The van der Waals surface area contributed by atoms with Crippen molar-refractivity contribution >= 4 is 17.1 Å². The molecule has 0 spiro atoms. The standard InChI is InChI=1S/C21H20N6O2/c1-2-26(13-15-8-10-22-11-9-15)18(28)14-27-20-17(24-21(27)29)12-23-19(25-20)16-6-4-3-5-7-16/h3-12H,2,13-14H2,1H3,(H,24,29). The summed E-state index contributed by atoms with van der Waals surface area (Å²) in [6.07, 6.45) is 4.96. The van der Waals surface area contributed by atoms with Crippen molar-refractivity contribution in [1.82, 2.24) is 29.4 Å². The zero-order valence-electron chi connectivity index (χ0n) is 15.9. The van der Waals surface area contributed by atoms with Gasteiger partial charge in [0.2, 0.25) is 5.91 Å². The second-order valence-corrected chi connectivity index (χ2v) is 6.58. The van der Waals surface area contributed by atoms with E-state index in [1.165, 1.54) is 4.57 Å². The largest absolute Gasteiger partial charge is 0.337 e. The van der Waals surface area contributed by atoms with Crippen LogP contribution in [0.4, 0.5) is 0 Å². The first-order valence-corrected chi connectivity index (χ1v) is 9.33. The van der Waals surface area contributed by atoms with Crippen LogP contribution in [0, 0.1) is 0 Å². The van der Waals surface area contributed by atoms with E-state index in [1.807, 2.05) is 49.4 Å². The van der Waals surface area contributed by atoms with E-state index in [9.17, 15) is 9.59 Å². The molecule has 0 unspecified atom stereocenters. The number of fused-ring (bicyclic) bond motifs is 1. The molecule has 3 heterocycles. The maximum atomic E-state index is 12.9. The van der Waals surface area contributed by atoms with Gasteiger partial charge in [-0.1, -0.05) is 30.3 Å². The Kier molecular flexibility index (Phi) is 5.15. The van der Waals surface area contributed by atoms with E-state index in [0.29, 0.717) is 30.1 Å². The van der Waals surface area contributed by atoms with Crippen molar-refractivity contribution in [3.05, 3.63) is 77.1 Å². The fourth-order valence-corrected chi connectivity index (χ4v) is 3.14. The topological polar surface area (TPSA) is 96.8 Å². The van der Waals surface area contributed by atoms with Gasteiger partial charge in [0.1, 0.15) is 12.1 Å². The number of aromatic amines is 1. The first-order valence-electron chi connectivity index (χ1n) is 9.33. The summed E-state index contributed by atoms with van der Waals surface area (Å²) < 4.78 is 1.36. The molecule has 8 nitrogen and oxygen atoms in total. The fourth-order valence-electron chi connectivity index (χ4n) is 3.14. The predicted octanol–water partition coefficient (Wildman–Crippen LogP) is 2.23. The van der Waals surface area contributed by atoms with Gasteiger partial charge in [-0.2, -0.15) is 0 Å². The molecule has 0 radical (unpaired) electrons. The average Bonchev–Trinajstić information content (AvgIpc) is 3.07. The highest BCUT2D eigenvalue weighted by Gasteiger charge is 2.18. The number of benzene rings is 1. The quantitative estimate of drug-likeness (QED) is 0.546. The molecule has 4 rings (SSSR count). The lowest BCUT2D eigenvalue weighted by Gasteiger charge is -2.21. The number of H-pyrrole nitrogens is 1. The lowest BCUT2D eigenvalue weighted by Crippen LogP contribution is -2.35. The number of amides is 1. The summed E-state index contributed by atoms with van der Waals surface area (Å²) in [7, 11) is 0. The number of hydrogen-bond acceptors (Lipinski definition) is 5. The van der Waals surface area contributed by atoms with Crippen molar-refractivity contribution < 1.29 is 4.79 Å². The maximum absolute atomic E-state index is 12.9. The molecule has 0 bridgehead atoms. The third-order valence-electron chi connectivity index (χ3n) is 4.69. The summed E-state index contributed by atoms with van der Waals surface area (Å²) >= 11 is 0. The highest BCUT2D eigenvalue weighted by atomic mass is 16.2. The lowest BCUT2D eigenvalue weighted by atomic mass is 10.2. The van der Waals surface area contributed by atoms with Gasteiger partial charge >= 0.3 is 5.69 Å². The Morgan fingerprint density at radius 1 is 1.14 bits per heavy atom. The summed E-state index contributed by atoms with van der Waals surface area (Å²) in [6, 6.07) is 13.2. The minimum absolute atomic E-state index is 0.0942. The molecule has 0 aliphatic rings. The third-order valence-corrected chi connectivity index (χ3v) is 4.69. The molecule has 0 saturated carbocycles. The van der Waals surface area contributed by atoms with Crippen molar-refractivity contribution in [2.75, 3.05) is 6.54 Å². The van der Waals surface area contributed by atoms with Crippen molar-refractivity contribution in [3.63, 3.8) is 0 Å². The van der Waals surface area contributed by atoms with Crippen LogP contribution >= 0.6 is 0 Å². The summed E-state index contributed by atoms with van der Waals surface area (Å²) in [5, 5.41) is 0. The third kappa shape index (κ3) is 3.91. The molecule has 0 atom stereocenters. The number of imidazole rings is 1. The normalized spacial score (nSPS) is 10.9. The molecule has 1 aromatic carbocycles. The fraction of sp³-hybridized carbons (Fsp3) is 0.190. The Morgan fingerprint density at radius 2 is 1.90 bits per heavy atom. The lowest BCUT2D eigenvalue weighted by molar-refractivity contribution is -0.132. The molecule has 4 aromatic rings. The van der Waals surface area contributed by atoms with Crippen LogP contribution in [-0.2, 0) is 17.9 Å². The number of carbonyl (C=O) groups excluding carboxylic acids is 1. The van der Waals surface area contributed by atoms with E-state index in [1.54, 1.807) is 23.5 Å². The number of nitrogens with zero attached hydrogens (tertiary/aromatic N) is 5. The van der Waals surface area contributed by atoms with Gasteiger partial charge in [-0.15, -0.1) is 0 Å². The summed E-state index contributed by atoms with van der Waals surface area (Å²) in [4.78, 5) is 42.6. The molecule has 0 aliphatic heterocycles. The van der Waals surface area contributed by atoms with Gasteiger partial charge in [0.15, 0.2) is 11.5 Å². The first-order chi connectivity index (χ1) is 14.2. The molecule has 0 fully saturated rings. The van der Waals surface area contributed by atoms with Crippen LogP contribution in [0.1, 0.15) is 12.5 Å². The molecule has 8 heteroatoms. The van der Waals surface area contributed by atoms with Crippen LogP contribution < -0.4 is 5.69 Å². The van der Waals surface area contributed by atoms with Gasteiger partial charge in [-0.3, -0.25) is 14.3 Å². The number of carbonyl (C=O) groups is 1. The van der Waals surface area contributed by atoms with Gasteiger partial charge in [0.05, 0.1) is 6.20 Å². The summed E-state index contributed by atoms with van der Waals surface area (Å²) in [6.45, 7) is 2.80. The van der Waals surface area contributed by atoms with E-state index in [-0.39, 0.29) is 18.1 Å². The maximum Gasteiger partial charge on any atom is 0.328 e. The van der Waals surface area contributed by atoms with Crippen LogP contribution in [-0.4, -0.2) is 41.9 Å². The smallest absolute Gasteiger partial charge is 0.328 e. The molecule has 0 saturated heterocycles. The van der Waals surface area contributed by atoms with E-state index in [4.69, 9.17) is 0 Å². The number of pyridine rings is 1. The molecule has 1 N–H and O–H groups in total. The Hall–Kier alpha value is -3.81. The zero-order chi connectivity index (χ0) is 20.2. The molecular weight excluding hydrogens is 368 g/mol. The van der Waals surface area contributed by atoms with Crippen LogP contribution in [0.15, 0.2) is 65.8 Å². The number of rotatable bonds is 6. The Morgan fingerprint density at radius 3 is 2.62 bits per heavy atom. The monoisotopic (exact) mass is 388 g/mol.